The topological polar surface area (TPSA) is 39.7 Å². The zero-order chi connectivity index (χ0) is 36.8. The van der Waals surface area contributed by atoms with Gasteiger partial charge in [0, 0.05) is 116 Å². The molecule has 0 unspecified atom stereocenters. The molecule has 290 valence electrons. The Morgan fingerprint density at radius 3 is 1.08 bits per heavy atom. The lowest BCUT2D eigenvalue weighted by Gasteiger charge is -2.36. The molecule has 6 rings (SSSR count). The number of aliphatic hydroxyl groups excluding tert-OH is 1. The number of aliphatic hydroxyl groups is 1. The van der Waals surface area contributed by atoms with Crippen LogP contribution in [0.4, 0.5) is 43.4 Å². The monoisotopic (exact) mass is 758 g/mol. The third-order valence-corrected chi connectivity index (χ3v) is 9.39. The predicted molar refractivity (Wildman–Crippen MR) is 200 cm³/mol. The number of alkyl halides is 1. The average molecular weight is 759 g/mol. The summed E-state index contributed by atoms with van der Waals surface area (Å²) in [4.78, 5) is 12.6. The number of piperazine rings is 3. The molecule has 52 heavy (non-hydrogen) atoms. The van der Waals surface area contributed by atoms with Gasteiger partial charge in [0.2, 0.25) is 0 Å². The summed E-state index contributed by atoms with van der Waals surface area (Å²) < 4.78 is 79.1. The smallest absolute Gasteiger partial charge is 0.149 e. The Morgan fingerprint density at radius 1 is 0.500 bits per heavy atom. The number of hydrogen-bond donors (Lipinski definition) is 1. The third kappa shape index (κ3) is 13.0. The Kier molecular flexibility index (Phi) is 18.3. The molecule has 7 nitrogen and oxygen atoms in total. The minimum absolute atomic E-state index is 0. The summed E-state index contributed by atoms with van der Waals surface area (Å²) in [6, 6.07) is 11.2. The number of nitrogens with zero attached hydrogens (tertiary/aromatic N) is 6. The second kappa shape index (κ2) is 22.1. The van der Waals surface area contributed by atoms with E-state index in [4.69, 9.17) is 16.7 Å². The molecular weight excluding hydrogens is 706 g/mol. The van der Waals surface area contributed by atoms with E-state index in [2.05, 4.69) is 21.6 Å². The minimum Gasteiger partial charge on any atom is -0.395 e. The van der Waals surface area contributed by atoms with Gasteiger partial charge in [-0.05, 0) is 49.4 Å². The second-order valence-corrected chi connectivity index (χ2v) is 13.1. The molecule has 0 atom stereocenters. The van der Waals surface area contributed by atoms with Crippen LogP contribution in [0.5, 0.6) is 0 Å². The highest BCUT2D eigenvalue weighted by molar-refractivity contribution is 6.18. The van der Waals surface area contributed by atoms with E-state index in [0.29, 0.717) is 42.6 Å². The van der Waals surface area contributed by atoms with Crippen molar-refractivity contribution in [3.05, 3.63) is 89.5 Å². The van der Waals surface area contributed by atoms with E-state index in [1.165, 1.54) is 36.4 Å². The maximum absolute atomic E-state index is 13.6. The van der Waals surface area contributed by atoms with E-state index in [1.54, 1.807) is 0 Å². The highest BCUT2D eigenvalue weighted by atomic mass is 35.5. The van der Waals surface area contributed by atoms with Crippen LogP contribution in [0.2, 0.25) is 0 Å². The number of benzene rings is 3. The van der Waals surface area contributed by atoms with E-state index >= 15 is 0 Å². The largest absolute Gasteiger partial charge is 0.395 e. The molecule has 0 radical (unpaired) electrons. The van der Waals surface area contributed by atoms with Gasteiger partial charge < -0.3 is 19.8 Å². The molecule has 3 aliphatic rings. The van der Waals surface area contributed by atoms with Crippen molar-refractivity contribution in [1.29, 1.82) is 0 Å². The molecule has 3 fully saturated rings. The van der Waals surface area contributed by atoms with E-state index in [1.807, 2.05) is 14.7 Å². The van der Waals surface area contributed by atoms with E-state index in [-0.39, 0.29) is 14.0 Å². The van der Waals surface area contributed by atoms with Gasteiger partial charge in [-0.1, -0.05) is 14.4 Å². The number of hydrogen-bond acceptors (Lipinski definition) is 7. The van der Waals surface area contributed by atoms with Gasteiger partial charge in [0.15, 0.2) is 0 Å². The second-order valence-electron chi connectivity index (χ2n) is 12.7. The Balaban J connectivity index is 0.000000208. The lowest BCUT2D eigenvalue weighted by atomic mass is 10.2. The van der Waals surface area contributed by atoms with Crippen molar-refractivity contribution >= 4 is 28.7 Å². The lowest BCUT2D eigenvalue weighted by molar-refractivity contribution is 0.188. The zero-order valence-corrected chi connectivity index (χ0v) is 30.0. The third-order valence-electron chi connectivity index (χ3n) is 9.22. The summed E-state index contributed by atoms with van der Waals surface area (Å²) in [5.41, 5.74) is 1.45. The Bertz CT molecular complexity index is 1310. The van der Waals surface area contributed by atoms with Crippen molar-refractivity contribution in [3.8, 4) is 0 Å². The highest BCUT2D eigenvalue weighted by Crippen LogP contribution is 2.24. The highest BCUT2D eigenvalue weighted by Gasteiger charge is 2.21. The summed E-state index contributed by atoms with van der Waals surface area (Å²) >= 11 is 5.67. The summed E-state index contributed by atoms with van der Waals surface area (Å²) in [6.07, 6.45) is 1.14. The first-order valence-corrected chi connectivity index (χ1v) is 18.1. The quantitative estimate of drug-likeness (QED) is 0.197. The number of anilines is 3. The predicted octanol–water partition coefficient (Wildman–Crippen LogP) is 6.54. The van der Waals surface area contributed by atoms with Gasteiger partial charge >= 0.3 is 0 Å². The molecule has 0 aliphatic carbocycles. The Hall–Kier alpha value is -3.23. The first kappa shape index (κ1) is 43.2. The molecule has 0 aromatic heterocycles. The van der Waals surface area contributed by atoms with Crippen LogP contribution in [-0.2, 0) is 0 Å². The molecule has 0 spiro atoms. The molecule has 3 aromatic carbocycles. The van der Waals surface area contributed by atoms with Crippen molar-refractivity contribution in [3.63, 3.8) is 0 Å². The van der Waals surface area contributed by atoms with Crippen LogP contribution in [0.1, 0.15) is 20.8 Å². The van der Waals surface area contributed by atoms with Crippen molar-refractivity contribution in [2.24, 2.45) is 0 Å². The van der Waals surface area contributed by atoms with Crippen LogP contribution >= 0.6 is 11.6 Å². The molecule has 0 saturated carbocycles. The van der Waals surface area contributed by atoms with Crippen molar-refractivity contribution < 1.29 is 31.4 Å². The fourth-order valence-electron chi connectivity index (χ4n) is 6.43. The fourth-order valence-corrected chi connectivity index (χ4v) is 6.67. The van der Waals surface area contributed by atoms with E-state index in [0.717, 1.165) is 103 Å². The van der Waals surface area contributed by atoms with Gasteiger partial charge in [0.25, 0.3) is 0 Å². The fraction of sp³-hybridized carbons (Fsp3) is 0.526. The summed E-state index contributed by atoms with van der Waals surface area (Å²) in [5.74, 6) is -2.45. The summed E-state index contributed by atoms with van der Waals surface area (Å²) in [5, 5.41) is 8.82. The number of β-amino-alcohol motifs (C(OH)–C–C–N with tert-alkyl or cyclic N) is 1. The van der Waals surface area contributed by atoms with E-state index < -0.39 is 34.9 Å². The van der Waals surface area contributed by atoms with Crippen LogP contribution in [0.15, 0.2) is 54.6 Å². The van der Waals surface area contributed by atoms with Crippen LogP contribution in [0, 0.1) is 34.9 Å². The SMILES string of the molecule is C.CCCN1CCN(c2ccc(F)cc2F)CC1.Fc1ccc(N2CCN(CCCl)CC2)c(F)c1.OCCN1CCN(c2ccc(F)cc2F)CC1. The zero-order valence-electron chi connectivity index (χ0n) is 29.2. The number of halogens is 7. The molecule has 0 bridgehead atoms. The van der Waals surface area contributed by atoms with Gasteiger partial charge in [-0.25, -0.2) is 26.3 Å². The molecule has 3 aliphatic heterocycles. The van der Waals surface area contributed by atoms with Crippen LogP contribution in [0.3, 0.4) is 0 Å². The first-order valence-electron chi connectivity index (χ1n) is 17.6. The Labute approximate surface area is 309 Å². The molecule has 3 aromatic rings. The first-order chi connectivity index (χ1) is 24.6. The molecular formula is C38H53ClF6N6O. The molecule has 3 saturated heterocycles. The average Bonchev–Trinajstić information content (AvgIpc) is 3.11. The summed E-state index contributed by atoms with van der Waals surface area (Å²) in [6.45, 7) is 14.6. The van der Waals surface area contributed by atoms with Crippen molar-refractivity contribution in [2.75, 3.05) is 125 Å². The van der Waals surface area contributed by atoms with E-state index in [9.17, 15) is 26.3 Å². The van der Waals surface area contributed by atoms with Crippen molar-refractivity contribution in [1.82, 2.24) is 14.7 Å². The number of rotatable bonds is 9. The maximum Gasteiger partial charge on any atom is 0.149 e. The van der Waals surface area contributed by atoms with Crippen LogP contribution in [-0.4, -0.2) is 130 Å². The standard InChI is InChI=1S/C13H18F2N2.C12H15ClF2N2.C12H16F2N2O.CH4/c1-2-5-16-6-8-17(9-7-16)13-4-3-11(14)10-12(13)15;13-3-4-16-5-7-17(8-6-16)12-2-1-10(14)9-11(12)15;13-10-1-2-12(11(14)9-10)16-5-3-15(4-6-16)7-8-17;/h3-4,10H,2,5-9H2,1H3;1-2,9H,3-8H2;1-2,9,17H,3-8H2;1H4. The maximum atomic E-state index is 13.6. The van der Waals surface area contributed by atoms with Crippen molar-refractivity contribution in [2.45, 2.75) is 20.8 Å². The lowest BCUT2D eigenvalue weighted by Crippen LogP contribution is -2.47. The Morgan fingerprint density at radius 2 is 0.808 bits per heavy atom. The summed E-state index contributed by atoms with van der Waals surface area (Å²) in [7, 11) is 0. The van der Waals surface area contributed by atoms with Crippen LogP contribution in [0.25, 0.3) is 0 Å². The van der Waals surface area contributed by atoms with Gasteiger partial charge in [-0.2, -0.15) is 0 Å². The van der Waals surface area contributed by atoms with Gasteiger partial charge in [0.1, 0.15) is 34.9 Å². The van der Waals surface area contributed by atoms with Gasteiger partial charge in [-0.15, -0.1) is 11.6 Å². The van der Waals surface area contributed by atoms with Gasteiger partial charge in [0.05, 0.1) is 23.7 Å². The molecule has 3 heterocycles. The normalized spacial score (nSPS) is 17.1. The molecule has 14 heteroatoms. The molecule has 0 amide bonds. The minimum atomic E-state index is -0.551. The molecule has 1 N–H and O–H groups in total. The van der Waals surface area contributed by atoms with Crippen LogP contribution < -0.4 is 14.7 Å². The van der Waals surface area contributed by atoms with Gasteiger partial charge in [-0.3, -0.25) is 14.7 Å².